The van der Waals surface area contributed by atoms with Crippen LogP contribution in [0.3, 0.4) is 0 Å². The zero-order chi connectivity index (χ0) is 13.8. The number of nitrogens with zero attached hydrogens (tertiary/aromatic N) is 1. The van der Waals surface area contributed by atoms with Gasteiger partial charge in [-0.2, -0.15) is 17.4 Å². The van der Waals surface area contributed by atoms with E-state index in [0.29, 0.717) is 24.4 Å². The molecule has 2 unspecified atom stereocenters. The number of nitrogens with one attached hydrogen (secondary N) is 1. The zero-order valence-electron chi connectivity index (χ0n) is 11.1. The Kier molecular flexibility index (Phi) is 5.97. The minimum atomic E-state index is -3.42. The van der Waals surface area contributed by atoms with Gasteiger partial charge in [0.05, 0.1) is 4.99 Å². The van der Waals surface area contributed by atoms with Gasteiger partial charge < -0.3 is 5.73 Å². The van der Waals surface area contributed by atoms with Gasteiger partial charge in [-0.15, -0.1) is 0 Å². The van der Waals surface area contributed by atoms with E-state index in [1.807, 2.05) is 13.8 Å². The van der Waals surface area contributed by atoms with E-state index in [-0.39, 0.29) is 12.1 Å². The molecule has 2 atom stereocenters. The number of hydrogen-bond acceptors (Lipinski definition) is 3. The van der Waals surface area contributed by atoms with E-state index in [1.165, 1.54) is 0 Å². The lowest BCUT2D eigenvalue weighted by Gasteiger charge is -2.33. The number of nitrogens with two attached hydrogens (primary N) is 1. The average molecular weight is 293 g/mol. The second kappa shape index (κ2) is 6.79. The van der Waals surface area contributed by atoms with Crippen LogP contribution in [0, 0.1) is 0 Å². The number of hydrogen-bond donors (Lipinski definition) is 2. The standard InChI is InChI=1S/C11H23N3O2S2/c1-3-10(8-11(12)17)13-18(15,16)14-7-5-4-6-9(14)2/h9-10,13H,3-8H2,1-2H3,(H2,12,17). The van der Waals surface area contributed by atoms with Crippen molar-refractivity contribution >= 4 is 27.4 Å². The SMILES string of the molecule is CCC(CC(N)=S)NS(=O)(=O)N1CCCCC1C. The van der Waals surface area contributed by atoms with Crippen molar-refractivity contribution in [2.24, 2.45) is 5.73 Å². The smallest absolute Gasteiger partial charge is 0.279 e. The molecule has 1 fully saturated rings. The normalized spacial score (nSPS) is 23.8. The van der Waals surface area contributed by atoms with E-state index in [1.54, 1.807) is 4.31 Å². The van der Waals surface area contributed by atoms with Crippen LogP contribution in [0.2, 0.25) is 0 Å². The first-order valence-corrected chi connectivity index (χ1v) is 8.29. The van der Waals surface area contributed by atoms with E-state index in [9.17, 15) is 8.42 Å². The molecular formula is C11H23N3O2S2. The second-order valence-corrected chi connectivity index (χ2v) is 7.03. The third kappa shape index (κ3) is 4.46. The molecule has 0 saturated carbocycles. The van der Waals surface area contributed by atoms with Crippen LogP contribution >= 0.6 is 12.2 Å². The van der Waals surface area contributed by atoms with Crippen molar-refractivity contribution in [1.29, 1.82) is 0 Å². The Morgan fingerprint density at radius 2 is 2.22 bits per heavy atom. The molecule has 7 heteroatoms. The van der Waals surface area contributed by atoms with Crippen LogP contribution < -0.4 is 10.5 Å². The minimum Gasteiger partial charge on any atom is -0.393 e. The maximum atomic E-state index is 12.3. The lowest BCUT2D eigenvalue weighted by molar-refractivity contribution is 0.263. The molecule has 0 aromatic rings. The molecule has 1 aliphatic heterocycles. The molecular weight excluding hydrogens is 270 g/mol. The molecule has 0 aliphatic carbocycles. The lowest BCUT2D eigenvalue weighted by atomic mass is 10.1. The third-order valence-corrected chi connectivity index (χ3v) is 5.26. The van der Waals surface area contributed by atoms with Crippen molar-refractivity contribution in [1.82, 2.24) is 9.03 Å². The molecule has 1 rings (SSSR count). The van der Waals surface area contributed by atoms with E-state index in [4.69, 9.17) is 18.0 Å². The first-order chi connectivity index (χ1) is 8.36. The summed E-state index contributed by atoms with van der Waals surface area (Å²) in [6.45, 7) is 4.47. The highest BCUT2D eigenvalue weighted by molar-refractivity contribution is 7.87. The molecule has 1 heterocycles. The fraction of sp³-hybridized carbons (Fsp3) is 0.909. The monoisotopic (exact) mass is 293 g/mol. The topological polar surface area (TPSA) is 75.4 Å². The molecule has 0 bridgehead atoms. The number of rotatable bonds is 6. The Morgan fingerprint density at radius 1 is 1.56 bits per heavy atom. The highest BCUT2D eigenvalue weighted by Gasteiger charge is 2.30. The Bertz CT molecular complexity index is 384. The largest absolute Gasteiger partial charge is 0.393 e. The van der Waals surface area contributed by atoms with E-state index in [0.717, 1.165) is 19.3 Å². The molecule has 5 nitrogen and oxygen atoms in total. The van der Waals surface area contributed by atoms with Crippen molar-refractivity contribution in [2.75, 3.05) is 6.54 Å². The van der Waals surface area contributed by atoms with Crippen LogP contribution in [-0.4, -0.2) is 36.3 Å². The Hall–Kier alpha value is -0.240. The predicted molar refractivity (Wildman–Crippen MR) is 77.6 cm³/mol. The van der Waals surface area contributed by atoms with Gasteiger partial charge in [0.1, 0.15) is 0 Å². The summed E-state index contributed by atoms with van der Waals surface area (Å²) in [7, 11) is -3.42. The van der Waals surface area contributed by atoms with Gasteiger partial charge in [0.15, 0.2) is 0 Å². The number of piperidine rings is 1. The van der Waals surface area contributed by atoms with Gasteiger partial charge in [0, 0.05) is 25.0 Å². The van der Waals surface area contributed by atoms with Crippen LogP contribution in [0.25, 0.3) is 0 Å². The summed E-state index contributed by atoms with van der Waals surface area (Å²) < 4.78 is 28.8. The quantitative estimate of drug-likeness (QED) is 0.720. The first kappa shape index (κ1) is 15.8. The van der Waals surface area contributed by atoms with E-state index < -0.39 is 10.2 Å². The van der Waals surface area contributed by atoms with Gasteiger partial charge >= 0.3 is 0 Å². The summed E-state index contributed by atoms with van der Waals surface area (Å²) in [5.41, 5.74) is 5.48. The van der Waals surface area contributed by atoms with E-state index >= 15 is 0 Å². The molecule has 18 heavy (non-hydrogen) atoms. The Labute approximate surface area is 115 Å². The molecule has 3 N–H and O–H groups in total. The zero-order valence-corrected chi connectivity index (χ0v) is 12.7. The maximum absolute atomic E-state index is 12.3. The van der Waals surface area contributed by atoms with Gasteiger partial charge in [-0.3, -0.25) is 0 Å². The summed E-state index contributed by atoms with van der Waals surface area (Å²) in [5, 5.41) is 0. The molecule has 0 spiro atoms. The summed E-state index contributed by atoms with van der Waals surface area (Å²) >= 11 is 4.84. The van der Waals surface area contributed by atoms with Crippen LogP contribution in [0.1, 0.15) is 46.0 Å². The van der Waals surface area contributed by atoms with Crippen LogP contribution in [0.15, 0.2) is 0 Å². The van der Waals surface area contributed by atoms with Crippen molar-refractivity contribution < 1.29 is 8.42 Å². The summed E-state index contributed by atoms with van der Waals surface area (Å²) in [6.07, 6.45) is 4.04. The fourth-order valence-corrected chi connectivity index (χ4v) is 4.18. The van der Waals surface area contributed by atoms with Crippen LogP contribution in [-0.2, 0) is 10.2 Å². The summed E-state index contributed by atoms with van der Waals surface area (Å²) in [6, 6.07) is -0.139. The van der Waals surface area contributed by atoms with Crippen molar-refractivity contribution in [3.8, 4) is 0 Å². The van der Waals surface area contributed by atoms with Crippen LogP contribution in [0.4, 0.5) is 0 Å². The predicted octanol–water partition coefficient (Wildman–Crippen LogP) is 1.15. The molecule has 106 valence electrons. The van der Waals surface area contributed by atoms with Gasteiger partial charge in [0.25, 0.3) is 10.2 Å². The average Bonchev–Trinajstić information content (AvgIpc) is 2.27. The van der Waals surface area contributed by atoms with Gasteiger partial charge in [-0.25, -0.2) is 0 Å². The van der Waals surface area contributed by atoms with Gasteiger partial charge in [-0.05, 0) is 26.2 Å². The molecule has 1 aliphatic rings. The Morgan fingerprint density at radius 3 is 2.72 bits per heavy atom. The molecule has 1 saturated heterocycles. The lowest BCUT2D eigenvalue weighted by Crippen LogP contribution is -2.51. The van der Waals surface area contributed by atoms with Crippen molar-refractivity contribution in [3.05, 3.63) is 0 Å². The molecule has 0 aromatic carbocycles. The van der Waals surface area contributed by atoms with Crippen molar-refractivity contribution in [2.45, 2.75) is 58.0 Å². The van der Waals surface area contributed by atoms with Gasteiger partial charge in [-0.1, -0.05) is 25.6 Å². The Balaban J connectivity index is 2.70. The first-order valence-electron chi connectivity index (χ1n) is 6.44. The van der Waals surface area contributed by atoms with Crippen LogP contribution in [0.5, 0.6) is 0 Å². The summed E-state index contributed by atoms with van der Waals surface area (Å²) in [4.78, 5) is 0.344. The molecule has 0 amide bonds. The highest BCUT2D eigenvalue weighted by atomic mass is 32.2. The molecule has 0 radical (unpaired) electrons. The van der Waals surface area contributed by atoms with Crippen molar-refractivity contribution in [3.63, 3.8) is 0 Å². The number of thiocarbonyl (C=S) groups is 1. The highest BCUT2D eigenvalue weighted by Crippen LogP contribution is 2.19. The summed E-state index contributed by atoms with van der Waals surface area (Å²) in [5.74, 6) is 0. The fourth-order valence-electron chi connectivity index (χ4n) is 2.22. The minimum absolute atomic E-state index is 0.0681. The maximum Gasteiger partial charge on any atom is 0.279 e. The van der Waals surface area contributed by atoms with E-state index in [2.05, 4.69) is 4.72 Å². The van der Waals surface area contributed by atoms with Gasteiger partial charge in [0.2, 0.25) is 0 Å². The second-order valence-electron chi connectivity index (χ2n) is 4.85. The third-order valence-electron chi connectivity index (χ3n) is 3.31. The molecule has 0 aromatic heterocycles.